The van der Waals surface area contributed by atoms with Gasteiger partial charge in [-0.3, -0.25) is 14.6 Å². The fraction of sp³-hybridized carbons (Fsp3) is 0.357. The summed E-state index contributed by atoms with van der Waals surface area (Å²) < 4.78 is 103. The van der Waals surface area contributed by atoms with Crippen LogP contribution in [0, 0.1) is 12.7 Å². The Kier molecular flexibility index (Phi) is 10.4. The van der Waals surface area contributed by atoms with Gasteiger partial charge in [-0.2, -0.15) is 31.4 Å². The first-order valence-corrected chi connectivity index (χ1v) is 14.7. The monoisotopic (exact) mass is 677 g/mol. The van der Waals surface area contributed by atoms with Crippen molar-refractivity contribution in [2.24, 2.45) is 7.05 Å². The topological polar surface area (TPSA) is 91.0 Å². The lowest BCUT2D eigenvalue weighted by atomic mass is 9.99. The number of anilines is 1. The Labute approximate surface area is 256 Å². The van der Waals surface area contributed by atoms with E-state index in [-0.39, 0.29) is 48.2 Å². The van der Waals surface area contributed by atoms with Gasteiger partial charge in [-0.05, 0) is 55.0 Å². The molecule has 242 valence electrons. The van der Waals surface area contributed by atoms with Crippen LogP contribution in [-0.2, 0) is 30.7 Å². The van der Waals surface area contributed by atoms with Gasteiger partial charge in [-0.15, -0.1) is 18.5 Å². The van der Waals surface area contributed by atoms with E-state index in [0.29, 0.717) is 16.3 Å². The van der Waals surface area contributed by atoms with E-state index in [0.717, 1.165) is 25.4 Å². The summed E-state index contributed by atoms with van der Waals surface area (Å²) >= 11 is 0. The summed E-state index contributed by atoms with van der Waals surface area (Å²) in [6.07, 6.45) is -6.06. The first kappa shape index (κ1) is 34.5. The van der Waals surface area contributed by atoms with E-state index in [1.807, 2.05) is 0 Å². The second-order valence-electron chi connectivity index (χ2n) is 10.2. The number of hydrogen-bond donors (Lipinski definition) is 1. The normalized spacial score (nSPS) is 13.1. The van der Waals surface area contributed by atoms with E-state index in [2.05, 4.69) is 33.9 Å². The van der Waals surface area contributed by atoms with Gasteiger partial charge in [0, 0.05) is 37.6 Å². The molecule has 0 aliphatic rings. The fourth-order valence-corrected chi connectivity index (χ4v) is 5.00. The highest BCUT2D eigenvalue weighted by Crippen LogP contribution is 2.34. The van der Waals surface area contributed by atoms with Crippen molar-refractivity contribution >= 4 is 34.9 Å². The Balaban J connectivity index is 1.57. The van der Waals surface area contributed by atoms with E-state index < -0.39 is 57.7 Å². The Bertz CT molecular complexity index is 1810. The lowest BCUT2D eigenvalue weighted by molar-refractivity contribution is -0.139. The molecule has 3 atom stereocenters. The van der Waals surface area contributed by atoms with Gasteiger partial charge in [0.2, 0.25) is 0 Å². The third kappa shape index (κ3) is 7.88. The Morgan fingerprint density at radius 1 is 1.02 bits per heavy atom. The van der Waals surface area contributed by atoms with Gasteiger partial charge < -0.3 is 14.6 Å². The van der Waals surface area contributed by atoms with Crippen molar-refractivity contribution in [2.75, 3.05) is 11.9 Å². The molecule has 0 saturated heterocycles. The Hall–Kier alpha value is -3.41. The number of benzene rings is 1. The second kappa shape index (κ2) is 13.5. The van der Waals surface area contributed by atoms with Crippen LogP contribution in [-0.4, -0.2) is 37.6 Å². The van der Waals surface area contributed by atoms with Crippen LogP contribution in [0.1, 0.15) is 29.5 Å². The summed E-state index contributed by atoms with van der Waals surface area (Å²) in [5.41, 5.74) is -5.24. The zero-order valence-electron chi connectivity index (χ0n) is 23.8. The number of pyridine rings is 2. The van der Waals surface area contributed by atoms with E-state index in [1.165, 1.54) is 23.8 Å². The highest BCUT2D eigenvalue weighted by Gasteiger charge is 2.38. The highest BCUT2D eigenvalue weighted by atomic mass is 31.1. The average Bonchev–Trinajstić information content (AvgIpc) is 2.95. The summed E-state index contributed by atoms with van der Waals surface area (Å²) in [4.78, 5) is 29.3. The van der Waals surface area contributed by atoms with Crippen LogP contribution in [0.3, 0.4) is 0 Å². The van der Waals surface area contributed by atoms with Crippen molar-refractivity contribution in [3.63, 3.8) is 0 Å². The summed E-state index contributed by atoms with van der Waals surface area (Å²) in [6, 6.07) is 4.04. The molecule has 1 N–H and O–H groups in total. The van der Waals surface area contributed by atoms with Gasteiger partial charge in [0.15, 0.2) is 0 Å². The van der Waals surface area contributed by atoms with Crippen molar-refractivity contribution in [1.82, 2.24) is 19.3 Å². The van der Waals surface area contributed by atoms with E-state index in [1.54, 1.807) is 6.07 Å². The minimum Gasteiger partial charge on any atom is -0.378 e. The van der Waals surface area contributed by atoms with Crippen molar-refractivity contribution in [2.45, 2.75) is 50.3 Å². The molecule has 2 unspecified atom stereocenters. The number of fused-ring (bicyclic) bond motifs is 1. The highest BCUT2D eigenvalue weighted by molar-refractivity contribution is 7.37. The smallest absolute Gasteiger partial charge is 0.378 e. The first-order chi connectivity index (χ1) is 21.0. The molecule has 0 aliphatic heterocycles. The number of hydrogen-bond acceptors (Lipinski definition) is 6. The van der Waals surface area contributed by atoms with Crippen molar-refractivity contribution in [1.29, 1.82) is 0 Å². The molecular formula is C28H28F7N5O3P2. The second-order valence-corrected chi connectivity index (χ2v) is 12.3. The van der Waals surface area contributed by atoms with Crippen LogP contribution < -0.4 is 16.4 Å². The average molecular weight is 677 g/mol. The lowest BCUT2D eigenvalue weighted by Gasteiger charge is -2.23. The molecule has 17 heteroatoms. The quantitative estimate of drug-likeness (QED) is 0.165. The molecule has 0 fully saturated rings. The molecule has 45 heavy (non-hydrogen) atoms. The van der Waals surface area contributed by atoms with Crippen LogP contribution in [0.4, 0.5) is 36.4 Å². The number of ether oxygens (including phenoxy) is 1. The first-order valence-electron chi connectivity index (χ1n) is 13.4. The lowest BCUT2D eigenvalue weighted by Crippen LogP contribution is -2.34. The van der Waals surface area contributed by atoms with Gasteiger partial charge in [0.05, 0.1) is 40.7 Å². The molecule has 0 bridgehead atoms. The van der Waals surface area contributed by atoms with Crippen LogP contribution in [0.5, 0.6) is 0 Å². The molecule has 3 heterocycles. The van der Waals surface area contributed by atoms with Crippen molar-refractivity contribution < 1.29 is 35.5 Å². The molecule has 3 aromatic heterocycles. The molecule has 0 aliphatic carbocycles. The van der Waals surface area contributed by atoms with E-state index in [9.17, 15) is 35.9 Å². The summed E-state index contributed by atoms with van der Waals surface area (Å²) in [5, 5.41) is 6.82. The predicted octanol–water partition coefficient (Wildman–Crippen LogP) is 5.95. The largest absolute Gasteiger partial charge is 0.423 e. The van der Waals surface area contributed by atoms with Crippen LogP contribution >= 0.6 is 18.5 Å². The number of aromatic nitrogens is 4. The maximum absolute atomic E-state index is 15.4. The predicted molar refractivity (Wildman–Crippen MR) is 161 cm³/mol. The van der Waals surface area contributed by atoms with E-state index >= 15 is 4.39 Å². The third-order valence-electron chi connectivity index (χ3n) is 7.03. The minimum absolute atomic E-state index is 0.0127. The van der Waals surface area contributed by atoms with Crippen molar-refractivity contribution in [3.05, 3.63) is 86.1 Å². The van der Waals surface area contributed by atoms with Gasteiger partial charge in [-0.1, -0.05) is 0 Å². The molecule has 0 radical (unpaired) electrons. The number of nitrogens with zero attached hydrogens (tertiary/aromatic N) is 4. The zero-order chi connectivity index (χ0) is 33.3. The third-order valence-corrected chi connectivity index (χ3v) is 7.41. The number of nitrogens with one attached hydrogen (secondary N) is 1. The van der Waals surface area contributed by atoms with Gasteiger partial charge in [-0.25, -0.2) is 9.07 Å². The Morgan fingerprint density at radius 3 is 2.33 bits per heavy atom. The fourth-order valence-electron chi connectivity index (χ4n) is 4.77. The molecule has 4 aromatic rings. The van der Waals surface area contributed by atoms with Crippen molar-refractivity contribution in [3.8, 4) is 11.3 Å². The summed E-state index contributed by atoms with van der Waals surface area (Å²) in [7, 11) is 5.84. The number of rotatable bonds is 10. The molecule has 8 nitrogen and oxygen atoms in total. The molecule has 4 rings (SSSR count). The van der Waals surface area contributed by atoms with Gasteiger partial charge in [0.25, 0.3) is 11.1 Å². The number of aryl methyl sites for hydroxylation is 3. The maximum Gasteiger partial charge on any atom is 0.423 e. The van der Waals surface area contributed by atoms with Gasteiger partial charge in [0.1, 0.15) is 11.4 Å². The summed E-state index contributed by atoms with van der Waals surface area (Å²) in [6.45, 7) is 1.46. The van der Waals surface area contributed by atoms with E-state index in [4.69, 9.17) is 4.74 Å². The standard InChI is InChI=1S/C28H28F7N5O3P2/c1-14-21-15(10-18(23(14)29)19-6-5-16(11-36-19)27(30,31)32)7-9-40(24(21)41)8-3-4-17(13-43-26(44)45)38-20-12-37-39(2)25(42)22(20)28(33,34)35/h5-7,9-12,17,26,38H,3-4,8,13,44-45H2,1-2H3/t17-/m1/s1. The molecule has 1 aromatic carbocycles. The number of alkyl halides is 6. The maximum atomic E-state index is 15.4. The minimum atomic E-state index is -4.94. The summed E-state index contributed by atoms with van der Waals surface area (Å²) in [5.74, 6) is -0.807. The van der Waals surface area contributed by atoms with Crippen LogP contribution in [0.15, 0.2) is 52.4 Å². The number of halogens is 7. The molecule has 0 amide bonds. The molecular weight excluding hydrogens is 649 g/mol. The molecule has 0 spiro atoms. The SMILES string of the molecule is Cc1c(F)c(-c2ccc(C(F)(F)F)cn2)cc2ccn(CCC[C@H](COC(P)P)Nc3cnn(C)c(=O)c3C(F)(F)F)c(=O)c12. The molecule has 0 saturated carbocycles. The van der Waals surface area contributed by atoms with Gasteiger partial charge >= 0.3 is 12.4 Å². The van der Waals surface area contributed by atoms with Crippen LogP contribution in [0.2, 0.25) is 0 Å². The van der Waals surface area contributed by atoms with Crippen LogP contribution in [0.25, 0.3) is 22.0 Å². The Morgan fingerprint density at radius 2 is 1.73 bits per heavy atom. The zero-order valence-corrected chi connectivity index (χ0v) is 26.1.